The van der Waals surface area contributed by atoms with Gasteiger partial charge in [0.25, 0.3) is 6.71 Å². The number of benzene rings is 21. The molecule has 0 spiro atoms. The van der Waals surface area contributed by atoms with Gasteiger partial charge in [0.05, 0.1) is 22.2 Å². The van der Waals surface area contributed by atoms with E-state index in [-0.39, 0.29) is 24.2 Å². The second kappa shape index (κ2) is 33.6. The molecule has 22 aromatic rings. The van der Waals surface area contributed by atoms with Crippen LogP contribution in [0.5, 0.6) is 0 Å². The lowest BCUT2D eigenvalue weighted by Crippen LogP contribution is -2.78. The van der Waals surface area contributed by atoms with Gasteiger partial charge in [-0.25, -0.2) is 0 Å². The van der Waals surface area contributed by atoms with Crippen LogP contribution in [0, 0.1) is 0 Å². The minimum atomic E-state index is -4.40. The van der Waals surface area contributed by atoms with Crippen molar-refractivity contribution in [3.63, 3.8) is 0 Å². The molecule has 618 valence electrons. The van der Waals surface area contributed by atoms with E-state index in [2.05, 4.69) is 494 Å². The Hall–Kier alpha value is -16.5. The van der Waals surface area contributed by atoms with Gasteiger partial charge in [0, 0.05) is 50.5 Å². The fraction of sp³-hybridized carbons (Fsp3) is 0. The molecule has 0 saturated heterocycles. The fourth-order valence-electron chi connectivity index (χ4n) is 21.3. The smallest absolute Gasteiger partial charge is 0.252 e. The fourth-order valence-corrected chi connectivity index (χ4v) is 30.9. The van der Waals surface area contributed by atoms with Gasteiger partial charge in [-0.15, -0.1) is 0 Å². The number of aromatic nitrogens is 1. The van der Waals surface area contributed by atoms with Crippen molar-refractivity contribution in [1.82, 2.24) is 4.57 Å². The van der Waals surface area contributed by atoms with E-state index in [0.717, 1.165) is 181 Å². The molecule has 0 aliphatic carbocycles. The Labute approximate surface area is 779 Å². The number of nitrogens with zero attached hydrogens (tertiary/aromatic N) is 3. The maximum atomic E-state index is 11.4. The highest BCUT2D eigenvalue weighted by molar-refractivity contribution is 7.22. The molecule has 2 aliphatic rings. The normalized spacial score (nSPS) is 12.6. The molecule has 0 atom stereocenters. The maximum absolute atomic E-state index is 11.4. The van der Waals surface area contributed by atoms with Crippen LogP contribution in [0.15, 0.2) is 534 Å². The minimum Gasteiger partial charge on any atom is -0.311 e. The van der Waals surface area contributed by atoms with Crippen molar-refractivity contribution in [2.24, 2.45) is 0 Å². The Kier molecular flexibility index (Phi) is 19.0. The van der Waals surface area contributed by atoms with Crippen molar-refractivity contribution in [3.05, 3.63) is 534 Å². The molecule has 0 fully saturated rings. The van der Waals surface area contributed by atoms with Crippen molar-refractivity contribution >= 4 is 137 Å². The quantitative estimate of drug-likeness (QED) is 0.0590. The number of anilines is 6. The van der Waals surface area contributed by atoms with Crippen molar-refractivity contribution in [3.8, 4) is 94.7 Å². The third kappa shape index (κ3) is 13.6. The van der Waals surface area contributed by atoms with Crippen LogP contribution < -0.4 is 67.7 Å². The number of hydrogen-bond acceptors (Lipinski definition) is 2. The Morgan fingerprint density at radius 1 is 0.197 bits per heavy atom. The van der Waals surface area contributed by atoms with Crippen molar-refractivity contribution in [2.75, 3.05) is 9.80 Å². The molecular formula is C126H88BN3Si2. The van der Waals surface area contributed by atoms with Crippen LogP contribution in [0.4, 0.5) is 34.1 Å². The predicted molar refractivity (Wildman–Crippen MR) is 566 cm³/mol. The van der Waals surface area contributed by atoms with E-state index in [0.29, 0.717) is 16.3 Å². The van der Waals surface area contributed by atoms with Gasteiger partial charge in [-0.1, -0.05) is 467 Å². The molecule has 21 aromatic carbocycles. The summed E-state index contributed by atoms with van der Waals surface area (Å²) >= 11 is 0. The highest BCUT2D eigenvalue weighted by atomic mass is 28.3. The molecule has 0 unspecified atom stereocenters. The first-order chi connectivity index (χ1) is 67.1. The van der Waals surface area contributed by atoms with Gasteiger partial charge in [0.15, 0.2) is 16.1 Å². The molecule has 0 bridgehead atoms. The SMILES string of the molecule is [2H]c1c([2H])c(-c2ccccc2)c([2H])c([Si](c2ccccc2)(c2ccccc2)c2cc(-c3cc4c5c(c3)N(c3ccccc3-c3ccccc3)c3ccc(-c6ccccc6)cc3B5c3ccc(-n5c6ccccc6c6ccccc65)cc3N4c3cc(-c4ccccc4)cc(-c4ccccc4)c3)cc([Si](c3ccccc3)(c3cccc(-c4ccccc4)c3)c3cccc(-c4ccccc4)c3)c2)c1[2H]. The van der Waals surface area contributed by atoms with Gasteiger partial charge in [-0.2, -0.15) is 0 Å². The molecule has 3 heterocycles. The summed E-state index contributed by atoms with van der Waals surface area (Å²) in [6.07, 6.45) is 0. The van der Waals surface area contributed by atoms with Crippen LogP contribution in [-0.2, 0) is 0 Å². The summed E-state index contributed by atoms with van der Waals surface area (Å²) in [5.41, 5.74) is 28.3. The van der Waals surface area contributed by atoms with E-state index in [1.165, 1.54) is 10.8 Å². The molecule has 6 heteroatoms. The molecule has 0 amide bonds. The Bertz CT molecular complexity index is 8100. The van der Waals surface area contributed by atoms with E-state index in [4.69, 9.17) is 0 Å². The van der Waals surface area contributed by atoms with Crippen LogP contribution in [-0.4, -0.2) is 27.4 Å². The van der Waals surface area contributed by atoms with Crippen molar-refractivity contribution < 1.29 is 5.48 Å². The summed E-state index contributed by atoms with van der Waals surface area (Å²) in [4.78, 5) is 5.20. The van der Waals surface area contributed by atoms with Gasteiger partial charge in [0.1, 0.15) is 0 Å². The molecule has 0 radical (unpaired) electrons. The van der Waals surface area contributed by atoms with Crippen LogP contribution in [0.1, 0.15) is 5.48 Å². The summed E-state index contributed by atoms with van der Waals surface area (Å²) in [6.45, 7) is -0.393. The Balaban J connectivity index is 0.911. The summed E-state index contributed by atoms with van der Waals surface area (Å²) < 4.78 is 45.5. The predicted octanol–water partition coefficient (Wildman–Crippen LogP) is 25.0. The second-order valence-electron chi connectivity index (χ2n) is 34.6. The monoisotopic (exact) mass is 1710 g/mol. The molecule has 1 aromatic heterocycles. The zero-order valence-corrected chi connectivity index (χ0v) is 74.4. The van der Waals surface area contributed by atoms with E-state index in [9.17, 15) is 5.48 Å². The lowest BCUT2D eigenvalue weighted by Gasteiger charge is -2.45. The highest BCUT2D eigenvalue weighted by Crippen LogP contribution is 2.51. The van der Waals surface area contributed by atoms with Gasteiger partial charge < -0.3 is 14.4 Å². The largest absolute Gasteiger partial charge is 0.311 e. The number of fused-ring (bicyclic) bond motifs is 7. The van der Waals surface area contributed by atoms with E-state index < -0.39 is 22.9 Å². The van der Waals surface area contributed by atoms with Crippen LogP contribution in [0.25, 0.3) is 117 Å². The topological polar surface area (TPSA) is 11.4 Å². The lowest BCUT2D eigenvalue weighted by atomic mass is 9.33. The zero-order valence-electron chi connectivity index (χ0n) is 76.4. The third-order valence-electron chi connectivity index (χ3n) is 27.2. The van der Waals surface area contributed by atoms with Gasteiger partial charge >= 0.3 is 0 Å². The minimum absolute atomic E-state index is 0.0504. The zero-order chi connectivity index (χ0) is 91.0. The first-order valence-electron chi connectivity index (χ1n) is 47.5. The van der Waals surface area contributed by atoms with Crippen LogP contribution >= 0.6 is 0 Å². The third-order valence-corrected chi connectivity index (χ3v) is 36.5. The van der Waals surface area contributed by atoms with E-state index in [1.807, 2.05) is 30.3 Å². The van der Waals surface area contributed by atoms with E-state index in [1.54, 1.807) is 0 Å². The van der Waals surface area contributed by atoms with Gasteiger partial charge in [-0.3, -0.25) is 0 Å². The average molecular weight is 1720 g/mol. The Morgan fingerprint density at radius 2 is 0.576 bits per heavy atom. The molecule has 3 nitrogen and oxygen atoms in total. The summed E-state index contributed by atoms with van der Waals surface area (Å²) in [6, 6.07) is 186. The lowest BCUT2D eigenvalue weighted by molar-refractivity contribution is 1.17. The maximum Gasteiger partial charge on any atom is 0.252 e. The summed E-state index contributed by atoms with van der Waals surface area (Å²) in [5, 5.41) is 10.00. The summed E-state index contributed by atoms with van der Waals surface area (Å²) in [7, 11) is -8.38. The second-order valence-corrected chi connectivity index (χ2v) is 42.1. The van der Waals surface area contributed by atoms with Crippen LogP contribution in [0.3, 0.4) is 0 Å². The number of para-hydroxylation sites is 3. The molecule has 0 N–H and O–H groups in total. The number of rotatable bonds is 19. The standard InChI is InChI=1S/C126H88BN3Si2/c1-11-40-89(41-12-1)96-54-37-63-109(79-96)131(106-57-25-8-26-58-106,107-59-27-9-28-60-107)112-82-102(83-113(88-112)132(108-61-29-10-30-62-108,110-64-38-55-97(80-110)90-42-13-2-14-43-90)111-65-39-56-98(81-111)91-44-15-3-16-45-91)103-85-124-126-125(86-103)130(119-69-34-31-66-114(119)95-52-23-7-24-53-95)122-75-72-99(92-46-17-4-18-47-92)84-118(122)127(126)117-74-73-104(128-120-70-35-32-67-115(120)116-68-33-36-71-121(116)128)87-123(117)129(124)105-77-100(93-48-19-5-20-49-93)76-101(78-105)94-50-21-6-22-51-94/h1-88H/i37D,54D,63D,79D. The van der Waals surface area contributed by atoms with Crippen molar-refractivity contribution in [2.45, 2.75) is 0 Å². The highest BCUT2D eigenvalue weighted by Gasteiger charge is 2.49. The van der Waals surface area contributed by atoms with Crippen LogP contribution in [0.2, 0.25) is 0 Å². The molecule has 0 saturated carbocycles. The number of hydrogen-bond donors (Lipinski definition) is 0. The Morgan fingerprint density at radius 3 is 1.08 bits per heavy atom. The molecule has 132 heavy (non-hydrogen) atoms. The van der Waals surface area contributed by atoms with Gasteiger partial charge in [0.2, 0.25) is 0 Å². The van der Waals surface area contributed by atoms with Crippen molar-refractivity contribution in [1.29, 1.82) is 0 Å². The molecule has 2 aliphatic heterocycles. The molecule has 24 rings (SSSR count). The first kappa shape index (κ1) is 74.6. The van der Waals surface area contributed by atoms with Gasteiger partial charge in [-0.05, 0) is 208 Å². The average Bonchev–Trinajstić information content (AvgIpc) is 0.789. The van der Waals surface area contributed by atoms with E-state index >= 15 is 0 Å². The summed E-state index contributed by atoms with van der Waals surface area (Å²) in [5.74, 6) is 0. The molecular weight excluding hydrogens is 1620 g/mol. The first-order valence-corrected chi connectivity index (χ1v) is 49.5.